The number of nitrogens with zero attached hydrogens (tertiary/aromatic N) is 1. The zero-order chi connectivity index (χ0) is 13.2. The molecule has 0 bridgehead atoms. The Morgan fingerprint density at radius 3 is 2.74 bits per heavy atom. The largest absolute Gasteiger partial charge is 0.367 e. The molecule has 0 atom stereocenters. The van der Waals surface area contributed by atoms with Crippen LogP contribution in [0.1, 0.15) is 43.7 Å². The fourth-order valence-electron chi connectivity index (χ4n) is 2.90. The Kier molecular flexibility index (Phi) is 3.47. The van der Waals surface area contributed by atoms with Crippen LogP contribution in [-0.2, 0) is 0 Å². The van der Waals surface area contributed by atoms with Gasteiger partial charge in [-0.25, -0.2) is 0 Å². The van der Waals surface area contributed by atoms with E-state index in [1.54, 1.807) is 0 Å². The maximum absolute atomic E-state index is 6.06. The first-order valence-corrected chi connectivity index (χ1v) is 7.14. The van der Waals surface area contributed by atoms with Gasteiger partial charge in [-0.3, -0.25) is 0 Å². The van der Waals surface area contributed by atoms with Crippen molar-refractivity contribution in [2.45, 2.75) is 38.0 Å². The molecule has 0 amide bonds. The van der Waals surface area contributed by atoms with E-state index in [0.717, 1.165) is 16.8 Å². The van der Waals surface area contributed by atoms with Crippen molar-refractivity contribution in [1.82, 2.24) is 5.16 Å². The summed E-state index contributed by atoms with van der Waals surface area (Å²) in [6.45, 7) is 0. The van der Waals surface area contributed by atoms with Gasteiger partial charge in [0, 0.05) is 10.9 Å². The molecule has 0 radical (unpaired) electrons. The third-order valence-corrected chi connectivity index (χ3v) is 4.09. The summed E-state index contributed by atoms with van der Waals surface area (Å²) in [5.74, 6) is 0.853. The fraction of sp³-hybridized carbons (Fsp3) is 0.400. The highest BCUT2D eigenvalue weighted by Crippen LogP contribution is 2.40. The normalized spacial score (nSPS) is 16.7. The van der Waals surface area contributed by atoms with Gasteiger partial charge in [0.05, 0.1) is 11.3 Å². The minimum atomic E-state index is 0.392. The molecule has 19 heavy (non-hydrogen) atoms. The zero-order valence-electron chi connectivity index (χ0n) is 10.7. The van der Waals surface area contributed by atoms with E-state index in [0.29, 0.717) is 16.8 Å². The van der Waals surface area contributed by atoms with E-state index in [2.05, 4.69) is 5.16 Å². The summed E-state index contributed by atoms with van der Waals surface area (Å²) in [5, 5.41) is 4.90. The fourth-order valence-corrected chi connectivity index (χ4v) is 3.09. The lowest BCUT2D eigenvalue weighted by Crippen LogP contribution is -2.06. The Hall–Kier alpha value is -1.48. The van der Waals surface area contributed by atoms with Crippen LogP contribution in [0, 0.1) is 0 Å². The van der Waals surface area contributed by atoms with Gasteiger partial charge in [-0.05, 0) is 30.5 Å². The number of halogens is 1. The highest BCUT2D eigenvalue weighted by Gasteiger charge is 2.25. The lowest BCUT2D eigenvalue weighted by molar-refractivity contribution is 0.388. The number of aromatic nitrogens is 1. The Balaban J connectivity index is 2.03. The minimum absolute atomic E-state index is 0.392. The van der Waals surface area contributed by atoms with Crippen LogP contribution in [0.15, 0.2) is 28.8 Å². The summed E-state index contributed by atoms with van der Waals surface area (Å²) in [7, 11) is 0. The molecule has 0 spiro atoms. The molecule has 1 saturated carbocycles. The summed E-state index contributed by atoms with van der Waals surface area (Å²) in [4.78, 5) is 0. The van der Waals surface area contributed by atoms with Crippen molar-refractivity contribution in [1.29, 1.82) is 0 Å². The minimum Gasteiger partial charge on any atom is -0.367 e. The molecule has 1 aliphatic carbocycles. The van der Waals surface area contributed by atoms with E-state index >= 15 is 0 Å². The van der Waals surface area contributed by atoms with Crippen LogP contribution in [0.2, 0.25) is 5.02 Å². The van der Waals surface area contributed by atoms with Crippen LogP contribution < -0.4 is 5.73 Å². The Labute approximate surface area is 117 Å². The third kappa shape index (κ3) is 2.47. The van der Waals surface area contributed by atoms with Crippen molar-refractivity contribution in [3.8, 4) is 11.1 Å². The molecule has 1 aromatic heterocycles. The predicted molar refractivity (Wildman–Crippen MR) is 77.2 cm³/mol. The molecular weight excluding hydrogens is 260 g/mol. The van der Waals surface area contributed by atoms with E-state index < -0.39 is 0 Å². The van der Waals surface area contributed by atoms with Crippen molar-refractivity contribution in [3.05, 3.63) is 35.0 Å². The number of benzene rings is 1. The van der Waals surface area contributed by atoms with Gasteiger partial charge in [0.2, 0.25) is 5.88 Å². The first-order valence-electron chi connectivity index (χ1n) is 6.76. The number of hydrogen-bond donors (Lipinski definition) is 1. The summed E-state index contributed by atoms with van der Waals surface area (Å²) >= 11 is 6.06. The smallest absolute Gasteiger partial charge is 0.230 e. The van der Waals surface area contributed by atoms with Crippen molar-refractivity contribution in [2.24, 2.45) is 0 Å². The maximum atomic E-state index is 6.06. The average molecular weight is 277 g/mol. The zero-order valence-corrected chi connectivity index (χ0v) is 11.5. The Morgan fingerprint density at radius 2 is 2.00 bits per heavy atom. The second-order valence-corrected chi connectivity index (χ2v) is 5.59. The predicted octanol–water partition coefficient (Wildman–Crippen LogP) is 4.62. The molecule has 1 heterocycles. The van der Waals surface area contributed by atoms with Crippen LogP contribution in [0.4, 0.5) is 5.88 Å². The van der Waals surface area contributed by atoms with E-state index in [1.165, 1.54) is 32.1 Å². The summed E-state index contributed by atoms with van der Waals surface area (Å²) in [5.41, 5.74) is 8.88. The first-order chi connectivity index (χ1) is 9.25. The number of hydrogen-bond acceptors (Lipinski definition) is 3. The van der Waals surface area contributed by atoms with E-state index in [-0.39, 0.29) is 0 Å². The monoisotopic (exact) mass is 276 g/mol. The second kappa shape index (κ2) is 5.25. The van der Waals surface area contributed by atoms with Gasteiger partial charge in [0.25, 0.3) is 0 Å². The standard InChI is InChI=1S/C15H17ClN2O/c16-12-8-4-7-11(9-12)13-14(18-19-15(13)17)10-5-2-1-3-6-10/h4,7-10H,1-3,5-6,17H2. The van der Waals surface area contributed by atoms with Crippen LogP contribution in [0.3, 0.4) is 0 Å². The van der Waals surface area contributed by atoms with Gasteiger partial charge in [-0.15, -0.1) is 0 Å². The molecule has 1 fully saturated rings. The first kappa shape index (κ1) is 12.5. The number of rotatable bonds is 2. The molecule has 4 heteroatoms. The molecule has 3 nitrogen and oxygen atoms in total. The maximum Gasteiger partial charge on any atom is 0.230 e. The van der Waals surface area contributed by atoms with Gasteiger partial charge in [0.15, 0.2) is 0 Å². The molecule has 3 rings (SSSR count). The van der Waals surface area contributed by atoms with Crippen molar-refractivity contribution < 1.29 is 4.52 Å². The highest BCUT2D eigenvalue weighted by molar-refractivity contribution is 6.30. The van der Waals surface area contributed by atoms with Gasteiger partial charge in [0.1, 0.15) is 0 Å². The van der Waals surface area contributed by atoms with E-state index in [4.69, 9.17) is 21.9 Å². The quantitative estimate of drug-likeness (QED) is 0.870. The van der Waals surface area contributed by atoms with Crippen LogP contribution >= 0.6 is 11.6 Å². The average Bonchev–Trinajstić information content (AvgIpc) is 2.82. The van der Waals surface area contributed by atoms with Crippen molar-refractivity contribution in [3.63, 3.8) is 0 Å². The van der Waals surface area contributed by atoms with Crippen LogP contribution in [0.5, 0.6) is 0 Å². The molecule has 0 aliphatic heterocycles. The lowest BCUT2D eigenvalue weighted by Gasteiger charge is -2.20. The number of nitrogen functional groups attached to an aromatic ring is 1. The van der Waals surface area contributed by atoms with Gasteiger partial charge < -0.3 is 10.3 Å². The highest BCUT2D eigenvalue weighted by atomic mass is 35.5. The lowest BCUT2D eigenvalue weighted by atomic mass is 9.84. The summed E-state index contributed by atoms with van der Waals surface area (Å²) in [6.07, 6.45) is 6.16. The summed E-state index contributed by atoms with van der Waals surface area (Å²) < 4.78 is 5.23. The van der Waals surface area contributed by atoms with E-state index in [9.17, 15) is 0 Å². The van der Waals surface area contributed by atoms with Gasteiger partial charge in [-0.1, -0.05) is 48.2 Å². The topological polar surface area (TPSA) is 52.0 Å². The molecule has 0 unspecified atom stereocenters. The van der Waals surface area contributed by atoms with Gasteiger partial charge in [-0.2, -0.15) is 0 Å². The number of anilines is 1. The molecule has 2 aromatic rings. The molecule has 2 N–H and O–H groups in total. The molecule has 0 saturated heterocycles. The molecule has 100 valence electrons. The molecule has 1 aliphatic rings. The summed E-state index contributed by atoms with van der Waals surface area (Å²) in [6, 6.07) is 7.70. The molecular formula is C15H17ClN2O. The van der Waals surface area contributed by atoms with Gasteiger partial charge >= 0.3 is 0 Å². The van der Waals surface area contributed by atoms with Crippen LogP contribution in [-0.4, -0.2) is 5.16 Å². The SMILES string of the molecule is Nc1onc(C2CCCCC2)c1-c1cccc(Cl)c1. The third-order valence-electron chi connectivity index (χ3n) is 3.85. The second-order valence-electron chi connectivity index (χ2n) is 5.15. The van der Waals surface area contributed by atoms with Crippen LogP contribution in [0.25, 0.3) is 11.1 Å². The Bertz CT molecular complexity index is 573. The Morgan fingerprint density at radius 1 is 1.21 bits per heavy atom. The molecule has 1 aromatic carbocycles. The van der Waals surface area contributed by atoms with E-state index in [1.807, 2.05) is 24.3 Å². The van der Waals surface area contributed by atoms with Crippen molar-refractivity contribution in [2.75, 3.05) is 5.73 Å². The van der Waals surface area contributed by atoms with Crippen molar-refractivity contribution >= 4 is 17.5 Å². The number of nitrogens with two attached hydrogens (primary N) is 1.